The summed E-state index contributed by atoms with van der Waals surface area (Å²) in [5, 5.41) is 8.56. The van der Waals surface area contributed by atoms with Gasteiger partial charge in [0.05, 0.1) is 28.9 Å². The first-order valence-electron chi connectivity index (χ1n) is 11.7. The van der Waals surface area contributed by atoms with Crippen LogP contribution in [0.4, 0.5) is 21.5 Å². The molecular formula is C27H25FN4O3. The molecule has 0 bridgehead atoms. The largest absolute Gasteiger partial charge is 0.383 e. The van der Waals surface area contributed by atoms with Gasteiger partial charge in [0.25, 0.3) is 0 Å². The Morgan fingerprint density at radius 1 is 1.00 bits per heavy atom. The molecule has 1 saturated heterocycles. The van der Waals surface area contributed by atoms with E-state index in [4.69, 9.17) is 9.26 Å². The standard InChI is InChI=1S/C27H25FN4O3/c1-34-15-10-29-20-16-22(32-13-11-31(12-14-32)21-9-5-4-8-19(21)28)25-24-23(20)26(33)17-6-2-3-7-18(17)27(24)35-30-25/h2-9,16,29H,10-15H2,1H3. The molecule has 3 aromatic carbocycles. The number of nitrogens with zero attached hydrogens (tertiary/aromatic N) is 3. The van der Waals surface area contributed by atoms with Crippen molar-refractivity contribution in [1.29, 1.82) is 0 Å². The highest BCUT2D eigenvalue weighted by molar-refractivity contribution is 6.28. The zero-order valence-electron chi connectivity index (χ0n) is 19.4. The summed E-state index contributed by atoms with van der Waals surface area (Å²) >= 11 is 0. The van der Waals surface area contributed by atoms with Gasteiger partial charge in [-0.2, -0.15) is 0 Å². The summed E-state index contributed by atoms with van der Waals surface area (Å²) in [6, 6.07) is 16.3. The monoisotopic (exact) mass is 472 g/mol. The number of aromatic nitrogens is 1. The number of ether oxygens (including phenoxy) is 1. The first-order chi connectivity index (χ1) is 17.2. The van der Waals surface area contributed by atoms with Crippen LogP contribution >= 0.6 is 0 Å². The van der Waals surface area contributed by atoms with Crippen LogP contribution in [0.15, 0.2) is 59.1 Å². The van der Waals surface area contributed by atoms with Gasteiger partial charge < -0.3 is 24.4 Å². The van der Waals surface area contributed by atoms with E-state index in [9.17, 15) is 9.18 Å². The molecule has 6 rings (SSSR count). The molecule has 1 fully saturated rings. The molecule has 0 amide bonds. The maximum atomic E-state index is 14.3. The Kier molecular flexibility index (Phi) is 5.37. The number of rotatable bonds is 6. The molecule has 178 valence electrons. The Balaban J connectivity index is 1.41. The molecule has 1 aliphatic carbocycles. The van der Waals surface area contributed by atoms with E-state index in [2.05, 4.69) is 20.3 Å². The average molecular weight is 473 g/mol. The molecule has 2 aliphatic rings. The van der Waals surface area contributed by atoms with E-state index >= 15 is 0 Å². The quantitative estimate of drug-likeness (QED) is 0.363. The predicted molar refractivity (Wildman–Crippen MR) is 134 cm³/mol. The van der Waals surface area contributed by atoms with Crippen LogP contribution in [0.2, 0.25) is 0 Å². The lowest BCUT2D eigenvalue weighted by Crippen LogP contribution is -2.47. The van der Waals surface area contributed by atoms with Gasteiger partial charge in [-0.3, -0.25) is 4.79 Å². The van der Waals surface area contributed by atoms with Crippen molar-refractivity contribution >= 4 is 33.7 Å². The van der Waals surface area contributed by atoms with Crippen molar-refractivity contribution in [2.75, 3.05) is 61.6 Å². The highest BCUT2D eigenvalue weighted by Gasteiger charge is 2.34. The fourth-order valence-electron chi connectivity index (χ4n) is 5.11. The van der Waals surface area contributed by atoms with E-state index < -0.39 is 0 Å². The van der Waals surface area contributed by atoms with Crippen LogP contribution in [0.3, 0.4) is 0 Å². The Hall–Kier alpha value is -3.91. The number of fused-ring (bicyclic) bond motifs is 2. The Morgan fingerprint density at radius 2 is 1.69 bits per heavy atom. The summed E-state index contributed by atoms with van der Waals surface area (Å²) in [6.07, 6.45) is 0. The van der Waals surface area contributed by atoms with E-state index in [1.54, 1.807) is 13.2 Å². The molecule has 35 heavy (non-hydrogen) atoms. The van der Waals surface area contributed by atoms with Crippen molar-refractivity contribution in [3.05, 3.63) is 71.5 Å². The topological polar surface area (TPSA) is 70.8 Å². The number of hydrogen-bond acceptors (Lipinski definition) is 7. The molecule has 2 heterocycles. The number of nitrogens with one attached hydrogen (secondary N) is 1. The van der Waals surface area contributed by atoms with Gasteiger partial charge in [-0.1, -0.05) is 41.6 Å². The third-order valence-corrected chi connectivity index (χ3v) is 6.81. The van der Waals surface area contributed by atoms with Crippen LogP contribution < -0.4 is 15.1 Å². The molecule has 0 unspecified atom stereocenters. The molecule has 0 atom stereocenters. The highest BCUT2D eigenvalue weighted by atomic mass is 19.1. The molecule has 1 aliphatic heterocycles. The molecule has 0 radical (unpaired) electrons. The van der Waals surface area contributed by atoms with Crippen molar-refractivity contribution in [2.24, 2.45) is 0 Å². The summed E-state index contributed by atoms with van der Waals surface area (Å²) in [5.41, 5.74) is 4.89. The van der Waals surface area contributed by atoms with Crippen molar-refractivity contribution in [2.45, 2.75) is 0 Å². The van der Waals surface area contributed by atoms with Gasteiger partial charge in [-0.25, -0.2) is 4.39 Å². The fourth-order valence-corrected chi connectivity index (χ4v) is 5.11. The van der Waals surface area contributed by atoms with Crippen LogP contribution in [0, 0.1) is 5.82 Å². The minimum Gasteiger partial charge on any atom is -0.383 e. The third-order valence-electron chi connectivity index (χ3n) is 6.81. The lowest BCUT2D eigenvalue weighted by Gasteiger charge is -2.37. The van der Waals surface area contributed by atoms with Crippen LogP contribution in [-0.4, -0.2) is 57.4 Å². The summed E-state index contributed by atoms with van der Waals surface area (Å²) in [4.78, 5) is 17.9. The minimum atomic E-state index is -0.210. The summed E-state index contributed by atoms with van der Waals surface area (Å²) in [5.74, 6) is 0.363. The van der Waals surface area contributed by atoms with Gasteiger partial charge in [0, 0.05) is 56.6 Å². The van der Waals surface area contributed by atoms with Crippen LogP contribution in [0.25, 0.3) is 22.2 Å². The maximum Gasteiger partial charge on any atom is 0.196 e. The first-order valence-corrected chi connectivity index (χ1v) is 11.7. The number of ketones is 1. The van der Waals surface area contributed by atoms with E-state index in [1.165, 1.54) is 6.07 Å². The van der Waals surface area contributed by atoms with Gasteiger partial charge in [-0.05, 0) is 18.2 Å². The number of para-hydroxylation sites is 1. The van der Waals surface area contributed by atoms with Crippen LogP contribution in [-0.2, 0) is 4.74 Å². The molecule has 1 aromatic heterocycles. The molecule has 0 spiro atoms. The van der Waals surface area contributed by atoms with E-state index in [0.717, 1.165) is 22.3 Å². The number of anilines is 3. The molecule has 7 nitrogen and oxygen atoms in total. The average Bonchev–Trinajstić information content (AvgIpc) is 3.33. The summed E-state index contributed by atoms with van der Waals surface area (Å²) in [6.45, 7) is 3.78. The first kappa shape index (κ1) is 21.6. The second-order valence-electron chi connectivity index (χ2n) is 8.77. The van der Waals surface area contributed by atoms with Crippen molar-refractivity contribution in [3.63, 3.8) is 0 Å². The van der Waals surface area contributed by atoms with Crippen molar-refractivity contribution in [1.82, 2.24) is 5.16 Å². The molecular weight excluding hydrogens is 447 g/mol. The zero-order valence-corrected chi connectivity index (χ0v) is 19.4. The Bertz CT molecular complexity index is 1430. The smallest absolute Gasteiger partial charge is 0.196 e. The van der Waals surface area contributed by atoms with Crippen molar-refractivity contribution < 1.29 is 18.4 Å². The summed E-state index contributed by atoms with van der Waals surface area (Å²) < 4.78 is 25.4. The fraction of sp³-hybridized carbons (Fsp3) is 0.259. The number of carbonyl (C=O) groups excluding carboxylic acids is 1. The highest BCUT2D eigenvalue weighted by Crippen LogP contribution is 2.45. The van der Waals surface area contributed by atoms with Crippen molar-refractivity contribution in [3.8, 4) is 11.3 Å². The number of piperazine rings is 1. The number of benzene rings is 3. The van der Waals surface area contributed by atoms with E-state index in [1.807, 2.05) is 42.5 Å². The van der Waals surface area contributed by atoms with E-state index in [-0.39, 0.29) is 11.6 Å². The molecule has 4 aromatic rings. The molecule has 8 heteroatoms. The van der Waals surface area contributed by atoms with Gasteiger partial charge in [0.1, 0.15) is 11.3 Å². The van der Waals surface area contributed by atoms with Gasteiger partial charge in [0.15, 0.2) is 11.5 Å². The van der Waals surface area contributed by atoms with Gasteiger partial charge in [-0.15, -0.1) is 0 Å². The lowest BCUT2D eigenvalue weighted by molar-refractivity contribution is 0.104. The molecule has 0 saturated carbocycles. The maximum absolute atomic E-state index is 14.3. The Labute approximate surface area is 202 Å². The van der Waals surface area contributed by atoms with Crippen LogP contribution in [0.5, 0.6) is 0 Å². The van der Waals surface area contributed by atoms with Gasteiger partial charge >= 0.3 is 0 Å². The second-order valence-corrected chi connectivity index (χ2v) is 8.77. The number of halogens is 1. The number of carbonyl (C=O) groups is 1. The number of hydrogen-bond donors (Lipinski definition) is 1. The SMILES string of the molecule is COCCNc1cc(N2CCN(c3ccccc3F)CC2)c2noc3c2c1C(=O)c1ccccc1-3. The zero-order chi connectivity index (χ0) is 23.9. The molecule has 1 N–H and O–H groups in total. The lowest BCUT2D eigenvalue weighted by atomic mass is 9.86. The van der Waals surface area contributed by atoms with Crippen LogP contribution in [0.1, 0.15) is 15.9 Å². The van der Waals surface area contributed by atoms with Gasteiger partial charge in [0.2, 0.25) is 0 Å². The number of methoxy groups -OCH3 is 1. The normalized spacial score (nSPS) is 15.0. The Morgan fingerprint density at radius 3 is 2.43 bits per heavy atom. The minimum absolute atomic E-state index is 0.0443. The predicted octanol–water partition coefficient (Wildman–Crippen LogP) is 4.56. The van der Waals surface area contributed by atoms with E-state index in [0.29, 0.717) is 67.4 Å². The third kappa shape index (κ3) is 3.52. The second kappa shape index (κ2) is 8.70. The summed E-state index contributed by atoms with van der Waals surface area (Å²) in [7, 11) is 1.65.